The third-order valence-corrected chi connectivity index (χ3v) is 3.93. The topological polar surface area (TPSA) is 57.2 Å². The molecule has 0 aliphatic rings. The fraction of sp³-hybridized carbons (Fsp3) is 0.167. The summed E-state index contributed by atoms with van der Waals surface area (Å²) in [5.41, 5.74) is 9.07. The van der Waals surface area contributed by atoms with Crippen molar-refractivity contribution in [3.63, 3.8) is 0 Å². The van der Waals surface area contributed by atoms with Crippen molar-refractivity contribution in [2.24, 2.45) is 0 Å². The highest BCUT2D eigenvalue weighted by Crippen LogP contribution is 2.27. The van der Waals surface area contributed by atoms with Crippen molar-refractivity contribution in [1.29, 1.82) is 0 Å². The van der Waals surface area contributed by atoms with Crippen molar-refractivity contribution in [2.45, 2.75) is 13.5 Å². The summed E-state index contributed by atoms with van der Waals surface area (Å²) < 4.78 is 7.08. The second kappa shape index (κ2) is 6.34. The van der Waals surface area contributed by atoms with Crippen LogP contribution in [0.25, 0.3) is 10.9 Å². The molecule has 0 amide bonds. The number of carbonyl (C=O) groups is 1. The molecule has 4 nitrogen and oxygen atoms in total. The first-order chi connectivity index (χ1) is 11.1. The predicted molar refractivity (Wildman–Crippen MR) is 92.9 cm³/mol. The first-order valence-electron chi connectivity index (χ1n) is 7.39. The molecule has 1 heterocycles. The van der Waals surface area contributed by atoms with Gasteiger partial charge in [0, 0.05) is 22.6 Å². The summed E-state index contributed by atoms with van der Waals surface area (Å²) in [5.74, 6) is -0.356. The Morgan fingerprint density at radius 3 is 2.74 bits per heavy atom. The standard InChI is InChI=1S/C18H17ClN2O2/c1-2-23-18(22)17-10-14-15(20)7-4-8-16(14)21(17)11-12-5-3-6-13(19)9-12/h3-10H,2,11,20H2,1H3. The average Bonchev–Trinajstić information content (AvgIpc) is 2.88. The van der Waals surface area contributed by atoms with Crippen molar-refractivity contribution < 1.29 is 9.53 Å². The fourth-order valence-electron chi connectivity index (χ4n) is 2.67. The Labute approximate surface area is 139 Å². The predicted octanol–water partition coefficient (Wildman–Crippen LogP) is 4.10. The molecule has 2 aromatic carbocycles. The number of hydrogen-bond donors (Lipinski definition) is 1. The Hall–Kier alpha value is -2.46. The lowest BCUT2D eigenvalue weighted by Crippen LogP contribution is -2.12. The van der Waals surface area contributed by atoms with Crippen LogP contribution in [0.2, 0.25) is 5.02 Å². The van der Waals surface area contributed by atoms with Crippen molar-refractivity contribution in [3.8, 4) is 0 Å². The van der Waals surface area contributed by atoms with Gasteiger partial charge in [0.05, 0.1) is 12.1 Å². The zero-order chi connectivity index (χ0) is 16.4. The lowest BCUT2D eigenvalue weighted by molar-refractivity contribution is 0.0515. The molecule has 3 rings (SSSR count). The lowest BCUT2D eigenvalue weighted by Gasteiger charge is -2.11. The van der Waals surface area contributed by atoms with Crippen LogP contribution in [0.5, 0.6) is 0 Å². The maximum atomic E-state index is 12.3. The van der Waals surface area contributed by atoms with Gasteiger partial charge in [0.15, 0.2) is 0 Å². The number of nitrogens with zero attached hydrogens (tertiary/aromatic N) is 1. The summed E-state index contributed by atoms with van der Waals surface area (Å²) >= 11 is 6.06. The van der Waals surface area contributed by atoms with Gasteiger partial charge in [-0.05, 0) is 42.8 Å². The zero-order valence-electron chi connectivity index (χ0n) is 12.8. The molecule has 0 aliphatic carbocycles. The first-order valence-corrected chi connectivity index (χ1v) is 7.77. The fourth-order valence-corrected chi connectivity index (χ4v) is 2.88. The number of nitrogens with two attached hydrogens (primary N) is 1. The maximum absolute atomic E-state index is 12.3. The van der Waals surface area contributed by atoms with Gasteiger partial charge >= 0.3 is 5.97 Å². The van der Waals surface area contributed by atoms with Crippen LogP contribution in [-0.2, 0) is 11.3 Å². The van der Waals surface area contributed by atoms with Crippen LogP contribution >= 0.6 is 11.6 Å². The Morgan fingerprint density at radius 2 is 2.00 bits per heavy atom. The van der Waals surface area contributed by atoms with Gasteiger partial charge in [-0.15, -0.1) is 0 Å². The Kier molecular flexibility index (Phi) is 4.26. The molecule has 0 fully saturated rings. The van der Waals surface area contributed by atoms with Crippen LogP contribution in [0.1, 0.15) is 23.0 Å². The third kappa shape index (κ3) is 3.03. The molecule has 0 aliphatic heterocycles. The third-order valence-electron chi connectivity index (χ3n) is 3.69. The van der Waals surface area contributed by atoms with E-state index in [2.05, 4.69) is 0 Å². The van der Waals surface area contributed by atoms with Crippen LogP contribution in [0.3, 0.4) is 0 Å². The number of fused-ring (bicyclic) bond motifs is 1. The van der Waals surface area contributed by atoms with Gasteiger partial charge in [0.25, 0.3) is 0 Å². The van der Waals surface area contributed by atoms with E-state index < -0.39 is 0 Å². The minimum Gasteiger partial charge on any atom is -0.461 e. The maximum Gasteiger partial charge on any atom is 0.354 e. The van der Waals surface area contributed by atoms with E-state index in [9.17, 15) is 4.79 Å². The van der Waals surface area contributed by atoms with E-state index >= 15 is 0 Å². The number of hydrogen-bond acceptors (Lipinski definition) is 3. The number of aromatic nitrogens is 1. The molecule has 0 bridgehead atoms. The van der Waals surface area contributed by atoms with Gasteiger partial charge in [-0.3, -0.25) is 0 Å². The zero-order valence-corrected chi connectivity index (χ0v) is 13.5. The summed E-state index contributed by atoms with van der Waals surface area (Å²) in [6.07, 6.45) is 0. The van der Waals surface area contributed by atoms with Gasteiger partial charge in [-0.25, -0.2) is 4.79 Å². The van der Waals surface area contributed by atoms with E-state index in [1.165, 1.54) is 0 Å². The van der Waals surface area contributed by atoms with Gasteiger partial charge in [-0.2, -0.15) is 0 Å². The second-order valence-electron chi connectivity index (χ2n) is 5.25. The summed E-state index contributed by atoms with van der Waals surface area (Å²) in [4.78, 5) is 12.3. The molecular weight excluding hydrogens is 312 g/mol. The normalized spacial score (nSPS) is 10.9. The van der Waals surface area contributed by atoms with Crippen LogP contribution in [-0.4, -0.2) is 17.1 Å². The average molecular weight is 329 g/mol. The molecule has 3 aromatic rings. The highest BCUT2D eigenvalue weighted by Gasteiger charge is 2.18. The number of anilines is 1. The number of carbonyl (C=O) groups excluding carboxylic acids is 1. The van der Waals surface area contributed by atoms with Gasteiger partial charge in [-0.1, -0.05) is 29.8 Å². The van der Waals surface area contributed by atoms with E-state index in [4.69, 9.17) is 22.1 Å². The van der Waals surface area contributed by atoms with Gasteiger partial charge in [0.2, 0.25) is 0 Å². The van der Waals surface area contributed by atoms with E-state index in [0.29, 0.717) is 29.6 Å². The minimum atomic E-state index is -0.356. The quantitative estimate of drug-likeness (QED) is 0.579. The van der Waals surface area contributed by atoms with Crippen LogP contribution in [0.4, 0.5) is 5.69 Å². The van der Waals surface area contributed by atoms with Crippen LogP contribution < -0.4 is 5.73 Å². The summed E-state index contributed by atoms with van der Waals surface area (Å²) in [6, 6.07) is 15.0. The molecule has 5 heteroatoms. The number of ether oxygens (including phenoxy) is 1. The molecular formula is C18H17ClN2O2. The number of halogens is 1. The molecule has 0 saturated carbocycles. The molecule has 0 unspecified atom stereocenters. The molecule has 23 heavy (non-hydrogen) atoms. The van der Waals surface area contributed by atoms with E-state index in [-0.39, 0.29) is 5.97 Å². The largest absolute Gasteiger partial charge is 0.461 e. The van der Waals surface area contributed by atoms with Gasteiger partial charge < -0.3 is 15.0 Å². The Bertz CT molecular complexity index is 871. The smallest absolute Gasteiger partial charge is 0.354 e. The highest BCUT2D eigenvalue weighted by atomic mass is 35.5. The second-order valence-corrected chi connectivity index (χ2v) is 5.68. The molecule has 118 valence electrons. The van der Waals surface area contributed by atoms with Crippen LogP contribution in [0, 0.1) is 0 Å². The molecule has 2 N–H and O–H groups in total. The first kappa shape index (κ1) is 15.4. The van der Waals surface area contributed by atoms with E-state index in [0.717, 1.165) is 16.5 Å². The molecule has 0 atom stereocenters. The number of esters is 1. The number of benzene rings is 2. The van der Waals surface area contributed by atoms with Crippen molar-refractivity contribution >= 4 is 34.2 Å². The van der Waals surface area contributed by atoms with E-state index in [1.807, 2.05) is 47.0 Å². The monoisotopic (exact) mass is 328 g/mol. The van der Waals surface area contributed by atoms with Crippen molar-refractivity contribution in [3.05, 3.63) is 64.8 Å². The lowest BCUT2D eigenvalue weighted by atomic mass is 10.2. The molecule has 0 radical (unpaired) electrons. The van der Waals surface area contributed by atoms with Gasteiger partial charge in [0.1, 0.15) is 5.69 Å². The SMILES string of the molecule is CCOC(=O)c1cc2c(N)cccc2n1Cc1cccc(Cl)c1. The number of nitrogen functional groups attached to an aromatic ring is 1. The molecule has 1 aromatic heterocycles. The summed E-state index contributed by atoms with van der Waals surface area (Å²) in [5, 5.41) is 1.51. The van der Waals surface area contributed by atoms with Crippen LogP contribution in [0.15, 0.2) is 48.5 Å². The van der Waals surface area contributed by atoms with E-state index in [1.54, 1.807) is 13.0 Å². The Balaban J connectivity index is 2.14. The minimum absolute atomic E-state index is 0.326. The Morgan fingerprint density at radius 1 is 1.22 bits per heavy atom. The molecule has 0 spiro atoms. The van der Waals surface area contributed by atoms with Crippen molar-refractivity contribution in [1.82, 2.24) is 4.57 Å². The summed E-state index contributed by atoms with van der Waals surface area (Å²) in [6.45, 7) is 2.63. The highest BCUT2D eigenvalue weighted by molar-refractivity contribution is 6.30. The summed E-state index contributed by atoms with van der Waals surface area (Å²) in [7, 11) is 0. The number of rotatable bonds is 4. The van der Waals surface area contributed by atoms with Crippen molar-refractivity contribution in [2.75, 3.05) is 12.3 Å². The molecule has 0 saturated heterocycles.